The van der Waals surface area contributed by atoms with E-state index in [0.29, 0.717) is 0 Å². The summed E-state index contributed by atoms with van der Waals surface area (Å²) < 4.78 is 0. The van der Waals surface area contributed by atoms with E-state index in [1.165, 1.54) is 6.92 Å². The molecule has 2 N–H and O–H groups in total. The summed E-state index contributed by atoms with van der Waals surface area (Å²) in [5.41, 5.74) is 0.743. The largest absolute Gasteiger partial charge is 0.344 e. The molecule has 5 heteroatoms. The molecule has 1 unspecified atom stereocenters. The normalized spacial score (nSPS) is 12.1. The molecule has 0 bridgehead atoms. The minimum absolute atomic E-state index is 0.0348. The highest BCUT2D eigenvalue weighted by Crippen LogP contribution is 2.19. The molecule has 0 aromatic heterocycles. The maximum Gasteiger partial charge on any atom is 0.247 e. The van der Waals surface area contributed by atoms with Crippen LogP contribution in [0, 0.1) is 5.92 Å². The highest BCUT2D eigenvalue weighted by molar-refractivity contribution is 7.98. The Bertz CT molecular complexity index is 461. The number of rotatable bonds is 5. The topological polar surface area (TPSA) is 58.2 Å². The van der Waals surface area contributed by atoms with Crippen LogP contribution in [0.1, 0.15) is 20.8 Å². The van der Waals surface area contributed by atoms with Gasteiger partial charge >= 0.3 is 0 Å². The predicted octanol–water partition coefficient (Wildman–Crippen LogP) is 2.51. The standard InChI is InChI=1S/C14H20N2O2S/c1-9(2)13(15-10(3)17)14(18)16-11-6-5-7-12(8-11)19-4/h5-9,13H,1-4H3,(H,15,17)(H,16,18). The molecule has 1 rings (SSSR count). The number of carbonyl (C=O) groups excluding carboxylic acids is 2. The first-order valence-corrected chi connectivity index (χ1v) is 7.38. The van der Waals surface area contributed by atoms with E-state index < -0.39 is 6.04 Å². The highest BCUT2D eigenvalue weighted by Gasteiger charge is 2.22. The molecule has 0 spiro atoms. The number of anilines is 1. The average Bonchev–Trinajstić information content (AvgIpc) is 2.35. The van der Waals surface area contributed by atoms with Crippen LogP contribution in [-0.2, 0) is 9.59 Å². The Labute approximate surface area is 118 Å². The fourth-order valence-corrected chi connectivity index (χ4v) is 2.13. The molecule has 0 aliphatic rings. The van der Waals surface area contributed by atoms with Crippen LogP contribution in [0.25, 0.3) is 0 Å². The number of hydrogen-bond donors (Lipinski definition) is 2. The van der Waals surface area contributed by atoms with Gasteiger partial charge in [-0.1, -0.05) is 19.9 Å². The van der Waals surface area contributed by atoms with Crippen LogP contribution in [0.5, 0.6) is 0 Å². The Morgan fingerprint density at radius 2 is 1.95 bits per heavy atom. The second kappa shape index (κ2) is 7.19. The average molecular weight is 280 g/mol. The summed E-state index contributed by atoms with van der Waals surface area (Å²) in [5, 5.41) is 5.51. The van der Waals surface area contributed by atoms with Crippen LogP contribution in [0.15, 0.2) is 29.2 Å². The molecular weight excluding hydrogens is 260 g/mol. The quantitative estimate of drug-likeness (QED) is 0.815. The van der Waals surface area contributed by atoms with Crippen molar-refractivity contribution in [3.8, 4) is 0 Å². The van der Waals surface area contributed by atoms with Crippen LogP contribution in [-0.4, -0.2) is 24.1 Å². The minimum atomic E-state index is -0.518. The van der Waals surface area contributed by atoms with Gasteiger partial charge in [0, 0.05) is 17.5 Å². The Kier molecular flexibility index (Phi) is 5.89. The number of thioether (sulfide) groups is 1. The second-order valence-electron chi connectivity index (χ2n) is 4.64. The summed E-state index contributed by atoms with van der Waals surface area (Å²) in [6, 6.07) is 7.10. The third-order valence-corrected chi connectivity index (χ3v) is 3.37. The van der Waals surface area contributed by atoms with Gasteiger partial charge in [-0.3, -0.25) is 9.59 Å². The predicted molar refractivity (Wildman–Crippen MR) is 79.3 cm³/mol. The van der Waals surface area contributed by atoms with Gasteiger partial charge < -0.3 is 10.6 Å². The molecule has 0 heterocycles. The van der Waals surface area contributed by atoms with Crippen molar-refractivity contribution in [2.24, 2.45) is 5.92 Å². The van der Waals surface area contributed by atoms with Crippen molar-refractivity contribution < 1.29 is 9.59 Å². The molecule has 0 aliphatic carbocycles. The molecule has 1 atom stereocenters. The van der Waals surface area contributed by atoms with Crippen molar-refractivity contribution >= 4 is 29.3 Å². The van der Waals surface area contributed by atoms with Crippen molar-refractivity contribution in [1.82, 2.24) is 5.32 Å². The van der Waals surface area contributed by atoms with E-state index in [1.807, 2.05) is 44.4 Å². The van der Waals surface area contributed by atoms with Gasteiger partial charge in [0.15, 0.2) is 0 Å². The molecule has 0 radical (unpaired) electrons. The summed E-state index contributed by atoms with van der Waals surface area (Å²) >= 11 is 1.61. The molecule has 0 saturated carbocycles. The number of amides is 2. The summed E-state index contributed by atoms with van der Waals surface area (Å²) in [4.78, 5) is 24.4. The van der Waals surface area contributed by atoms with Crippen molar-refractivity contribution in [3.05, 3.63) is 24.3 Å². The van der Waals surface area contributed by atoms with E-state index in [0.717, 1.165) is 10.6 Å². The first-order chi connectivity index (χ1) is 8.93. The van der Waals surface area contributed by atoms with Crippen molar-refractivity contribution in [1.29, 1.82) is 0 Å². The van der Waals surface area contributed by atoms with Gasteiger partial charge in [-0.05, 0) is 30.4 Å². The zero-order valence-electron chi connectivity index (χ0n) is 11.7. The fraction of sp³-hybridized carbons (Fsp3) is 0.429. The van der Waals surface area contributed by atoms with Crippen LogP contribution in [0.4, 0.5) is 5.69 Å². The van der Waals surface area contributed by atoms with Gasteiger partial charge in [-0.25, -0.2) is 0 Å². The lowest BCUT2D eigenvalue weighted by Crippen LogP contribution is -2.46. The zero-order valence-corrected chi connectivity index (χ0v) is 12.5. The van der Waals surface area contributed by atoms with E-state index in [-0.39, 0.29) is 17.7 Å². The van der Waals surface area contributed by atoms with Gasteiger partial charge in [0.25, 0.3) is 0 Å². The SMILES string of the molecule is CSc1cccc(NC(=O)C(NC(C)=O)C(C)C)c1. The number of hydrogen-bond acceptors (Lipinski definition) is 3. The van der Waals surface area contributed by atoms with Crippen LogP contribution in [0.2, 0.25) is 0 Å². The van der Waals surface area contributed by atoms with Crippen molar-refractivity contribution in [2.45, 2.75) is 31.7 Å². The second-order valence-corrected chi connectivity index (χ2v) is 5.52. The molecule has 4 nitrogen and oxygen atoms in total. The molecule has 104 valence electrons. The van der Waals surface area contributed by atoms with Crippen molar-refractivity contribution in [2.75, 3.05) is 11.6 Å². The van der Waals surface area contributed by atoms with Gasteiger partial charge in [0.2, 0.25) is 11.8 Å². The lowest BCUT2D eigenvalue weighted by atomic mass is 10.0. The monoisotopic (exact) mass is 280 g/mol. The van der Waals surface area contributed by atoms with Crippen LogP contribution >= 0.6 is 11.8 Å². The molecule has 0 saturated heterocycles. The van der Waals surface area contributed by atoms with E-state index in [9.17, 15) is 9.59 Å². The molecule has 0 aliphatic heterocycles. The van der Waals surface area contributed by atoms with Gasteiger partial charge in [0.1, 0.15) is 6.04 Å². The Morgan fingerprint density at radius 1 is 1.26 bits per heavy atom. The first-order valence-electron chi connectivity index (χ1n) is 6.16. The number of nitrogens with one attached hydrogen (secondary N) is 2. The molecule has 1 aromatic carbocycles. The van der Waals surface area contributed by atoms with Gasteiger partial charge in [-0.15, -0.1) is 11.8 Å². The molecule has 19 heavy (non-hydrogen) atoms. The third kappa shape index (κ3) is 4.95. The third-order valence-electron chi connectivity index (χ3n) is 2.65. The van der Waals surface area contributed by atoms with Crippen LogP contribution < -0.4 is 10.6 Å². The summed E-state index contributed by atoms with van der Waals surface area (Å²) in [5.74, 6) is -0.359. The molecule has 1 aromatic rings. The maximum absolute atomic E-state index is 12.2. The lowest BCUT2D eigenvalue weighted by Gasteiger charge is -2.21. The fourth-order valence-electron chi connectivity index (χ4n) is 1.67. The smallest absolute Gasteiger partial charge is 0.247 e. The summed E-state index contributed by atoms with van der Waals surface area (Å²) in [7, 11) is 0. The van der Waals surface area contributed by atoms with Gasteiger partial charge in [0.05, 0.1) is 0 Å². The van der Waals surface area contributed by atoms with E-state index in [4.69, 9.17) is 0 Å². The molecule has 0 fully saturated rings. The molecule has 2 amide bonds. The van der Waals surface area contributed by atoms with E-state index in [2.05, 4.69) is 10.6 Å². The zero-order chi connectivity index (χ0) is 14.4. The maximum atomic E-state index is 12.2. The summed E-state index contributed by atoms with van der Waals surface area (Å²) in [6.07, 6.45) is 1.98. The Balaban J connectivity index is 2.77. The minimum Gasteiger partial charge on any atom is -0.344 e. The Hall–Kier alpha value is -1.49. The lowest BCUT2D eigenvalue weighted by molar-refractivity contribution is -0.126. The molecular formula is C14H20N2O2S. The first kappa shape index (κ1) is 15.6. The van der Waals surface area contributed by atoms with E-state index in [1.54, 1.807) is 11.8 Å². The highest BCUT2D eigenvalue weighted by atomic mass is 32.2. The van der Waals surface area contributed by atoms with E-state index >= 15 is 0 Å². The Morgan fingerprint density at radius 3 is 2.47 bits per heavy atom. The number of benzene rings is 1. The summed E-state index contributed by atoms with van der Waals surface area (Å²) in [6.45, 7) is 5.22. The van der Waals surface area contributed by atoms with Gasteiger partial charge in [-0.2, -0.15) is 0 Å². The number of carbonyl (C=O) groups is 2. The van der Waals surface area contributed by atoms with Crippen LogP contribution in [0.3, 0.4) is 0 Å². The van der Waals surface area contributed by atoms with Crippen molar-refractivity contribution in [3.63, 3.8) is 0 Å².